The fraction of sp³-hybridized carbons (Fsp3) is 0.174. The molecule has 174 valence electrons. The van der Waals surface area contributed by atoms with Crippen molar-refractivity contribution in [3.63, 3.8) is 0 Å². The highest BCUT2D eigenvalue weighted by Crippen LogP contribution is 2.26. The van der Waals surface area contributed by atoms with Gasteiger partial charge in [0.2, 0.25) is 5.91 Å². The average Bonchev–Trinajstić information content (AvgIpc) is 3.43. The fourth-order valence-corrected chi connectivity index (χ4v) is 4.67. The lowest BCUT2D eigenvalue weighted by atomic mass is 10.1. The van der Waals surface area contributed by atoms with E-state index in [0.29, 0.717) is 26.7 Å². The summed E-state index contributed by atoms with van der Waals surface area (Å²) < 4.78 is 1.76. The van der Waals surface area contributed by atoms with Crippen molar-refractivity contribution in [1.82, 2.24) is 25.1 Å². The number of halogens is 1. The molecule has 0 saturated carbocycles. The van der Waals surface area contributed by atoms with Gasteiger partial charge < -0.3 is 15.2 Å². The summed E-state index contributed by atoms with van der Waals surface area (Å²) in [7, 11) is 1.80. The van der Waals surface area contributed by atoms with Crippen LogP contribution < -0.4 is 10.6 Å². The molecular weight excluding hydrogens is 492 g/mol. The number of carbonyl (C=O) groups excluding carboxylic acids is 2. The predicted molar refractivity (Wildman–Crippen MR) is 135 cm³/mol. The largest absolute Gasteiger partial charge is 0.345 e. The van der Waals surface area contributed by atoms with E-state index in [2.05, 4.69) is 25.8 Å². The number of rotatable bonds is 8. The van der Waals surface area contributed by atoms with Crippen LogP contribution >= 0.6 is 34.7 Å². The normalized spacial score (nSPS) is 10.8. The second-order valence-corrected chi connectivity index (χ2v) is 9.57. The number of aryl methyl sites for hydroxylation is 1. The summed E-state index contributed by atoms with van der Waals surface area (Å²) >= 11 is 8.54. The first-order chi connectivity index (χ1) is 16.4. The van der Waals surface area contributed by atoms with E-state index in [1.165, 1.54) is 23.1 Å². The van der Waals surface area contributed by atoms with Crippen molar-refractivity contribution in [3.8, 4) is 11.3 Å². The zero-order valence-electron chi connectivity index (χ0n) is 18.4. The molecule has 2 amide bonds. The van der Waals surface area contributed by atoms with E-state index >= 15 is 0 Å². The lowest BCUT2D eigenvalue weighted by Gasteiger charge is -2.07. The van der Waals surface area contributed by atoms with Gasteiger partial charge in [0.25, 0.3) is 5.91 Å². The van der Waals surface area contributed by atoms with Crippen molar-refractivity contribution >= 4 is 51.6 Å². The summed E-state index contributed by atoms with van der Waals surface area (Å²) in [5.41, 5.74) is 3.23. The lowest BCUT2D eigenvalue weighted by Crippen LogP contribution is -2.25. The number of thiazole rings is 1. The zero-order chi connectivity index (χ0) is 24.1. The Morgan fingerprint density at radius 1 is 1.12 bits per heavy atom. The number of amides is 2. The highest BCUT2D eigenvalue weighted by molar-refractivity contribution is 7.99. The Morgan fingerprint density at radius 2 is 1.88 bits per heavy atom. The summed E-state index contributed by atoms with van der Waals surface area (Å²) in [6.07, 6.45) is 0. The van der Waals surface area contributed by atoms with E-state index in [9.17, 15) is 9.59 Å². The minimum Gasteiger partial charge on any atom is -0.345 e. The smallest absolute Gasteiger partial charge is 0.251 e. The van der Waals surface area contributed by atoms with Crippen molar-refractivity contribution < 1.29 is 9.59 Å². The van der Waals surface area contributed by atoms with E-state index < -0.39 is 0 Å². The van der Waals surface area contributed by atoms with Gasteiger partial charge in [-0.3, -0.25) is 9.59 Å². The number of anilines is 1. The maximum Gasteiger partial charge on any atom is 0.251 e. The highest BCUT2D eigenvalue weighted by atomic mass is 35.5. The van der Waals surface area contributed by atoms with E-state index in [1.54, 1.807) is 29.8 Å². The molecule has 0 spiro atoms. The van der Waals surface area contributed by atoms with Crippen molar-refractivity contribution in [3.05, 3.63) is 75.9 Å². The van der Waals surface area contributed by atoms with Crippen molar-refractivity contribution in [2.24, 2.45) is 7.05 Å². The van der Waals surface area contributed by atoms with E-state index in [1.807, 2.05) is 42.6 Å². The third kappa shape index (κ3) is 5.82. The van der Waals surface area contributed by atoms with Crippen molar-refractivity contribution in [1.29, 1.82) is 0 Å². The SMILES string of the molecule is Cc1ccccc1C(=O)NCc1nnc(SCC(=O)Nc2nc(-c3ccc(Cl)cc3)cs2)n1C. The molecule has 0 aliphatic carbocycles. The summed E-state index contributed by atoms with van der Waals surface area (Å²) in [6, 6.07) is 14.8. The van der Waals surface area contributed by atoms with Crippen LogP contribution in [0.3, 0.4) is 0 Å². The molecule has 0 aliphatic rings. The topological polar surface area (TPSA) is 102 Å². The Bertz CT molecular complexity index is 1320. The third-order valence-corrected chi connectivity index (χ3v) is 6.97. The van der Waals surface area contributed by atoms with Crippen LogP contribution in [0.5, 0.6) is 0 Å². The Labute approximate surface area is 209 Å². The molecule has 4 rings (SSSR count). The van der Waals surface area contributed by atoms with Gasteiger partial charge in [-0.05, 0) is 30.7 Å². The first kappa shape index (κ1) is 23.9. The van der Waals surface area contributed by atoms with Gasteiger partial charge in [-0.1, -0.05) is 53.7 Å². The van der Waals surface area contributed by atoms with Gasteiger partial charge in [0.15, 0.2) is 16.1 Å². The standard InChI is InChI=1S/C23H21ClN6O2S2/c1-14-5-3-4-6-17(14)21(32)25-11-19-28-29-23(30(19)2)34-13-20(31)27-22-26-18(12-33-22)15-7-9-16(24)10-8-15/h3-10,12H,11,13H2,1-2H3,(H,25,32)(H,26,27,31). The van der Waals surface area contributed by atoms with Crippen LogP contribution in [0, 0.1) is 6.92 Å². The molecule has 0 aliphatic heterocycles. The minimum atomic E-state index is -0.195. The molecule has 0 radical (unpaired) electrons. The number of nitrogens with one attached hydrogen (secondary N) is 2. The molecule has 0 fully saturated rings. The number of hydrogen-bond donors (Lipinski definition) is 2. The van der Waals surface area contributed by atoms with E-state index in [0.717, 1.165) is 16.8 Å². The van der Waals surface area contributed by atoms with Crippen LogP contribution in [0.25, 0.3) is 11.3 Å². The molecule has 2 heterocycles. The average molecular weight is 513 g/mol. The first-order valence-corrected chi connectivity index (χ1v) is 12.5. The predicted octanol–water partition coefficient (Wildman–Crippen LogP) is 4.56. The minimum absolute atomic E-state index is 0.150. The number of hydrogen-bond acceptors (Lipinski definition) is 7. The van der Waals surface area contributed by atoms with Crippen LogP contribution in [-0.4, -0.2) is 37.3 Å². The Morgan fingerprint density at radius 3 is 2.65 bits per heavy atom. The highest BCUT2D eigenvalue weighted by Gasteiger charge is 2.15. The zero-order valence-corrected chi connectivity index (χ0v) is 20.8. The van der Waals surface area contributed by atoms with Gasteiger partial charge in [-0.25, -0.2) is 4.98 Å². The molecule has 2 N–H and O–H groups in total. The van der Waals surface area contributed by atoms with Gasteiger partial charge in [0.05, 0.1) is 18.0 Å². The number of thioether (sulfide) groups is 1. The van der Waals surface area contributed by atoms with Gasteiger partial charge in [0, 0.05) is 28.6 Å². The van der Waals surface area contributed by atoms with E-state index in [-0.39, 0.29) is 24.1 Å². The van der Waals surface area contributed by atoms with Crippen LogP contribution in [-0.2, 0) is 18.4 Å². The quantitative estimate of drug-likeness (QED) is 0.335. The lowest BCUT2D eigenvalue weighted by molar-refractivity contribution is -0.113. The fourth-order valence-electron chi connectivity index (χ4n) is 3.08. The molecule has 4 aromatic rings. The molecule has 0 bridgehead atoms. The number of benzene rings is 2. The maximum absolute atomic E-state index is 12.4. The maximum atomic E-state index is 12.4. The van der Waals surface area contributed by atoms with Crippen LogP contribution in [0.15, 0.2) is 59.1 Å². The van der Waals surface area contributed by atoms with Crippen LogP contribution in [0.1, 0.15) is 21.7 Å². The molecule has 11 heteroatoms. The molecule has 0 unspecified atom stereocenters. The molecular formula is C23H21ClN6O2S2. The Kier molecular flexibility index (Phi) is 7.61. The Balaban J connectivity index is 1.29. The number of carbonyl (C=O) groups is 2. The molecule has 2 aromatic heterocycles. The molecule has 0 atom stereocenters. The monoisotopic (exact) mass is 512 g/mol. The van der Waals surface area contributed by atoms with Crippen molar-refractivity contribution in [2.75, 3.05) is 11.1 Å². The van der Waals surface area contributed by atoms with Crippen LogP contribution in [0.2, 0.25) is 5.02 Å². The summed E-state index contributed by atoms with van der Waals surface area (Å²) in [5.74, 6) is 0.380. The summed E-state index contributed by atoms with van der Waals surface area (Å²) in [4.78, 5) is 29.3. The Hall–Kier alpha value is -3.21. The summed E-state index contributed by atoms with van der Waals surface area (Å²) in [6.45, 7) is 2.12. The van der Waals surface area contributed by atoms with Crippen molar-refractivity contribution in [2.45, 2.75) is 18.6 Å². The first-order valence-electron chi connectivity index (χ1n) is 10.3. The molecule has 34 heavy (non-hydrogen) atoms. The second-order valence-electron chi connectivity index (χ2n) is 7.34. The number of aromatic nitrogens is 4. The van der Waals surface area contributed by atoms with E-state index in [4.69, 9.17) is 11.6 Å². The molecule has 0 saturated heterocycles. The third-order valence-electron chi connectivity index (χ3n) is 4.94. The van der Waals surface area contributed by atoms with Gasteiger partial charge in [-0.15, -0.1) is 21.5 Å². The number of nitrogens with zero attached hydrogens (tertiary/aromatic N) is 4. The summed E-state index contributed by atoms with van der Waals surface area (Å²) in [5, 5.41) is 17.6. The van der Waals surface area contributed by atoms with Gasteiger partial charge in [-0.2, -0.15) is 0 Å². The molecule has 2 aromatic carbocycles. The second kappa shape index (κ2) is 10.8. The van der Waals surface area contributed by atoms with Gasteiger partial charge in [0.1, 0.15) is 0 Å². The molecule has 8 nitrogen and oxygen atoms in total. The van der Waals surface area contributed by atoms with Gasteiger partial charge >= 0.3 is 0 Å². The van der Waals surface area contributed by atoms with Crippen LogP contribution in [0.4, 0.5) is 5.13 Å².